The molecule has 1 aliphatic heterocycles. The van der Waals surface area contributed by atoms with E-state index in [0.29, 0.717) is 11.6 Å². The Morgan fingerprint density at radius 2 is 1.97 bits per heavy atom. The topological polar surface area (TPSA) is 101 Å². The van der Waals surface area contributed by atoms with Gasteiger partial charge in [-0.05, 0) is 36.1 Å². The van der Waals surface area contributed by atoms with E-state index in [0.717, 1.165) is 63.8 Å². The van der Waals surface area contributed by atoms with Gasteiger partial charge in [0.15, 0.2) is 11.0 Å². The van der Waals surface area contributed by atoms with E-state index in [2.05, 4.69) is 78.1 Å². The van der Waals surface area contributed by atoms with Crippen LogP contribution in [0.4, 0.5) is 16.8 Å². The van der Waals surface area contributed by atoms with Crippen molar-refractivity contribution in [3.05, 3.63) is 65.6 Å². The van der Waals surface area contributed by atoms with Gasteiger partial charge in [-0.25, -0.2) is 19.9 Å². The number of hydrogen-bond donors (Lipinski definition) is 3. The summed E-state index contributed by atoms with van der Waals surface area (Å²) >= 11 is 1.58. The van der Waals surface area contributed by atoms with Gasteiger partial charge in [-0.15, -0.1) is 11.3 Å². The fourth-order valence-electron chi connectivity index (χ4n) is 4.94. The summed E-state index contributed by atoms with van der Waals surface area (Å²) in [7, 11) is 0. The van der Waals surface area contributed by atoms with E-state index in [1.165, 1.54) is 0 Å². The molecule has 4 aromatic heterocycles. The SMILES string of the molecule is CC(C)(C)c1csc(Nc2cc(-c3nc(NC4CCNCC4(C)C)c4c(C5=CC=C5)cncc4n3)ccn2)n1. The van der Waals surface area contributed by atoms with Crippen LogP contribution in [0.1, 0.15) is 52.3 Å². The summed E-state index contributed by atoms with van der Waals surface area (Å²) < 4.78 is 0. The van der Waals surface area contributed by atoms with Gasteiger partial charge in [0, 0.05) is 46.9 Å². The first-order valence-electron chi connectivity index (χ1n) is 13.4. The summed E-state index contributed by atoms with van der Waals surface area (Å²) in [6, 6.07) is 4.20. The molecule has 0 aromatic carbocycles. The molecule has 5 heterocycles. The molecule has 0 amide bonds. The van der Waals surface area contributed by atoms with Crippen LogP contribution < -0.4 is 16.0 Å². The highest BCUT2D eigenvalue weighted by Crippen LogP contribution is 2.36. The minimum atomic E-state index is -0.00475. The maximum absolute atomic E-state index is 5.13. The molecule has 39 heavy (non-hydrogen) atoms. The number of aromatic nitrogens is 5. The largest absolute Gasteiger partial charge is 0.366 e. The predicted octanol–water partition coefficient (Wildman–Crippen LogP) is 6.34. The molecule has 4 aromatic rings. The first-order chi connectivity index (χ1) is 18.7. The number of fused-ring (bicyclic) bond motifs is 1. The highest BCUT2D eigenvalue weighted by molar-refractivity contribution is 7.13. The molecular weight excluding hydrogens is 504 g/mol. The average Bonchev–Trinajstić information content (AvgIpc) is 3.33. The van der Waals surface area contributed by atoms with Crippen molar-refractivity contribution < 1.29 is 0 Å². The Hall–Kier alpha value is -3.69. The van der Waals surface area contributed by atoms with Crippen LogP contribution in [0.25, 0.3) is 27.9 Å². The second-order valence-corrected chi connectivity index (χ2v) is 12.8. The summed E-state index contributed by atoms with van der Waals surface area (Å²) in [6.07, 6.45) is 12.8. The lowest BCUT2D eigenvalue weighted by molar-refractivity contribution is 0.236. The van der Waals surface area contributed by atoms with Crippen LogP contribution in [0.2, 0.25) is 0 Å². The zero-order chi connectivity index (χ0) is 27.2. The molecule has 0 saturated carbocycles. The Balaban J connectivity index is 1.40. The zero-order valence-electron chi connectivity index (χ0n) is 23.0. The van der Waals surface area contributed by atoms with Crippen LogP contribution in [0.15, 0.2) is 54.3 Å². The molecule has 3 N–H and O–H groups in total. The average molecular weight is 539 g/mol. The van der Waals surface area contributed by atoms with Crippen LogP contribution in [0.3, 0.4) is 0 Å². The molecule has 1 saturated heterocycles. The second kappa shape index (κ2) is 9.81. The Kier molecular flexibility index (Phi) is 6.43. The summed E-state index contributed by atoms with van der Waals surface area (Å²) in [5.74, 6) is 2.18. The van der Waals surface area contributed by atoms with E-state index in [1.54, 1.807) is 17.5 Å². The van der Waals surface area contributed by atoms with Crippen molar-refractivity contribution in [2.75, 3.05) is 23.7 Å². The van der Waals surface area contributed by atoms with Crippen LogP contribution >= 0.6 is 11.3 Å². The van der Waals surface area contributed by atoms with Gasteiger partial charge < -0.3 is 16.0 Å². The molecule has 200 valence electrons. The number of thiazole rings is 1. The van der Waals surface area contributed by atoms with Gasteiger partial charge in [0.1, 0.15) is 11.6 Å². The van der Waals surface area contributed by atoms with Crippen molar-refractivity contribution in [3.63, 3.8) is 0 Å². The summed E-state index contributed by atoms with van der Waals surface area (Å²) in [5.41, 5.74) is 5.01. The van der Waals surface area contributed by atoms with Crippen molar-refractivity contribution in [3.8, 4) is 11.4 Å². The second-order valence-electron chi connectivity index (χ2n) is 12.0. The van der Waals surface area contributed by atoms with E-state index >= 15 is 0 Å². The standard InChI is InChI=1S/C30H34N8S/c1-29(2,3)23-16-39-28(36-23)37-24-13-19(9-12-33-24)26-34-21-15-32-14-20(18-7-6-8-18)25(21)27(38-26)35-22-10-11-31-17-30(22,4)5/h6-9,12-16,22,31H,10-11,17H2,1-5H3,(H,33,36,37)(H,34,35,38). The van der Waals surface area contributed by atoms with Crippen molar-refractivity contribution in [2.24, 2.45) is 5.41 Å². The number of nitrogens with zero attached hydrogens (tertiary/aromatic N) is 5. The Bertz CT molecular complexity index is 1590. The predicted molar refractivity (Wildman–Crippen MR) is 160 cm³/mol. The number of piperidine rings is 1. The highest BCUT2D eigenvalue weighted by Gasteiger charge is 2.33. The Morgan fingerprint density at radius 3 is 2.69 bits per heavy atom. The quantitative estimate of drug-likeness (QED) is 0.262. The van der Waals surface area contributed by atoms with Gasteiger partial charge >= 0.3 is 0 Å². The van der Waals surface area contributed by atoms with Crippen molar-refractivity contribution in [2.45, 2.75) is 52.5 Å². The van der Waals surface area contributed by atoms with Gasteiger partial charge in [0.05, 0.1) is 22.8 Å². The molecule has 0 spiro atoms. The smallest absolute Gasteiger partial charge is 0.188 e. The number of pyridine rings is 2. The van der Waals surface area contributed by atoms with Gasteiger partial charge in [0.25, 0.3) is 0 Å². The van der Waals surface area contributed by atoms with Crippen molar-refractivity contribution in [1.29, 1.82) is 0 Å². The fraction of sp³-hybridized carbons (Fsp3) is 0.367. The van der Waals surface area contributed by atoms with Gasteiger partial charge in [-0.3, -0.25) is 4.98 Å². The minimum Gasteiger partial charge on any atom is -0.366 e. The molecule has 9 heteroatoms. The van der Waals surface area contributed by atoms with E-state index in [-0.39, 0.29) is 16.9 Å². The van der Waals surface area contributed by atoms with E-state index < -0.39 is 0 Å². The highest BCUT2D eigenvalue weighted by atomic mass is 32.1. The lowest BCUT2D eigenvalue weighted by Gasteiger charge is -2.40. The van der Waals surface area contributed by atoms with E-state index in [1.807, 2.05) is 30.6 Å². The molecule has 0 radical (unpaired) electrons. The van der Waals surface area contributed by atoms with E-state index in [4.69, 9.17) is 15.0 Å². The molecule has 6 rings (SSSR count). The van der Waals surface area contributed by atoms with Crippen LogP contribution in [-0.2, 0) is 5.41 Å². The minimum absolute atomic E-state index is 0.00475. The first-order valence-corrected chi connectivity index (χ1v) is 14.3. The lowest BCUT2D eigenvalue weighted by Crippen LogP contribution is -2.49. The lowest BCUT2D eigenvalue weighted by atomic mass is 9.80. The molecular formula is C30H34N8S. The van der Waals surface area contributed by atoms with Crippen LogP contribution in [0, 0.1) is 5.41 Å². The molecule has 1 unspecified atom stereocenters. The summed E-state index contributed by atoms with van der Waals surface area (Å²) in [5, 5.41) is 14.6. The van der Waals surface area contributed by atoms with E-state index in [9.17, 15) is 0 Å². The maximum atomic E-state index is 5.13. The molecule has 1 atom stereocenters. The third kappa shape index (κ3) is 5.16. The fourth-order valence-corrected chi connectivity index (χ4v) is 5.88. The monoisotopic (exact) mass is 538 g/mol. The van der Waals surface area contributed by atoms with Crippen LogP contribution in [-0.4, -0.2) is 44.1 Å². The van der Waals surface area contributed by atoms with Gasteiger partial charge in [-0.1, -0.05) is 52.8 Å². The molecule has 2 aliphatic rings. The summed E-state index contributed by atoms with van der Waals surface area (Å²) in [4.78, 5) is 23.9. The molecule has 0 bridgehead atoms. The normalized spacial score (nSPS) is 18.5. The number of nitrogens with one attached hydrogen (secondary N) is 3. The van der Waals surface area contributed by atoms with Crippen molar-refractivity contribution >= 4 is 44.6 Å². The molecule has 1 aliphatic carbocycles. The number of allylic oxidation sites excluding steroid dienone is 4. The zero-order valence-corrected chi connectivity index (χ0v) is 23.9. The van der Waals surface area contributed by atoms with Crippen LogP contribution in [0.5, 0.6) is 0 Å². The molecule has 8 nitrogen and oxygen atoms in total. The third-order valence-corrected chi connectivity index (χ3v) is 8.20. The Labute approximate surface area is 233 Å². The summed E-state index contributed by atoms with van der Waals surface area (Å²) in [6.45, 7) is 13.0. The Morgan fingerprint density at radius 1 is 1.13 bits per heavy atom. The number of rotatable bonds is 6. The van der Waals surface area contributed by atoms with Gasteiger partial charge in [-0.2, -0.15) is 0 Å². The number of anilines is 3. The third-order valence-electron chi connectivity index (χ3n) is 7.44. The van der Waals surface area contributed by atoms with Crippen molar-refractivity contribution in [1.82, 2.24) is 30.2 Å². The van der Waals surface area contributed by atoms with Gasteiger partial charge in [0.2, 0.25) is 0 Å². The number of hydrogen-bond acceptors (Lipinski definition) is 9. The molecule has 1 fully saturated rings. The first kappa shape index (κ1) is 25.6. The maximum Gasteiger partial charge on any atom is 0.188 e.